The van der Waals surface area contributed by atoms with Gasteiger partial charge in [-0.1, -0.05) is 19.3 Å². The van der Waals surface area contributed by atoms with Crippen LogP contribution in [0.5, 0.6) is 0 Å². The van der Waals surface area contributed by atoms with E-state index < -0.39 is 11.6 Å². The van der Waals surface area contributed by atoms with Gasteiger partial charge in [0.15, 0.2) is 0 Å². The average molecular weight is 269 g/mol. The molecule has 1 amide bonds. The Balaban J connectivity index is 2.32. The van der Waals surface area contributed by atoms with Gasteiger partial charge in [0.1, 0.15) is 11.6 Å². The Labute approximate surface area is 116 Å². The maximum Gasteiger partial charge on any atom is 0.328 e. The van der Waals surface area contributed by atoms with Crippen LogP contribution in [0.4, 0.5) is 0 Å². The molecule has 1 fully saturated rings. The summed E-state index contributed by atoms with van der Waals surface area (Å²) in [6, 6.07) is -0.574. The lowest BCUT2D eigenvalue weighted by atomic mass is 9.87. The summed E-state index contributed by atoms with van der Waals surface area (Å²) in [5, 5.41) is 2.74. The van der Waals surface area contributed by atoms with E-state index in [1.165, 1.54) is 19.3 Å². The molecule has 0 aliphatic heterocycles. The number of carbonyl (C=O) groups is 2. The second kappa shape index (κ2) is 6.92. The fourth-order valence-electron chi connectivity index (χ4n) is 2.40. The lowest BCUT2D eigenvalue weighted by Crippen LogP contribution is -2.42. The quantitative estimate of drug-likeness (QED) is 0.798. The van der Waals surface area contributed by atoms with Crippen LogP contribution in [0.2, 0.25) is 0 Å². The molecule has 4 heteroatoms. The molecule has 1 rings (SSSR count). The summed E-state index contributed by atoms with van der Waals surface area (Å²) in [7, 11) is 0. The van der Waals surface area contributed by atoms with Gasteiger partial charge in [0.2, 0.25) is 5.91 Å². The van der Waals surface area contributed by atoms with Crippen molar-refractivity contribution in [3.05, 3.63) is 0 Å². The van der Waals surface area contributed by atoms with E-state index >= 15 is 0 Å². The molecular weight excluding hydrogens is 242 g/mol. The number of nitrogens with one attached hydrogen (secondary N) is 1. The second-order valence-corrected chi connectivity index (χ2v) is 6.53. The fraction of sp³-hybridized carbons (Fsp3) is 0.867. The van der Waals surface area contributed by atoms with Gasteiger partial charge in [-0.3, -0.25) is 4.79 Å². The van der Waals surface area contributed by atoms with Gasteiger partial charge < -0.3 is 10.1 Å². The lowest BCUT2D eigenvalue weighted by Gasteiger charge is -2.24. The molecule has 1 N–H and O–H groups in total. The van der Waals surface area contributed by atoms with Gasteiger partial charge in [-0.2, -0.15) is 0 Å². The third-order valence-corrected chi connectivity index (χ3v) is 3.34. The standard InChI is InChI=1S/C15H27NO3/c1-11(14(18)19-15(2,3)4)16-13(17)10-12-8-6-5-7-9-12/h11-12H,5-10H2,1-4H3,(H,16,17)/t11-/m0/s1. The molecule has 0 aromatic rings. The summed E-state index contributed by atoms with van der Waals surface area (Å²) in [4.78, 5) is 23.6. The van der Waals surface area contributed by atoms with E-state index in [1.54, 1.807) is 6.92 Å². The predicted molar refractivity (Wildman–Crippen MR) is 74.6 cm³/mol. The van der Waals surface area contributed by atoms with Crippen LogP contribution in [0.25, 0.3) is 0 Å². The Bertz CT molecular complexity index is 314. The van der Waals surface area contributed by atoms with Crippen molar-refractivity contribution in [1.82, 2.24) is 5.32 Å². The third-order valence-electron chi connectivity index (χ3n) is 3.34. The van der Waals surface area contributed by atoms with Gasteiger partial charge in [-0.25, -0.2) is 4.79 Å². The molecule has 0 aromatic carbocycles. The van der Waals surface area contributed by atoms with Crippen LogP contribution in [-0.2, 0) is 14.3 Å². The molecule has 0 saturated heterocycles. The number of hydrogen-bond acceptors (Lipinski definition) is 3. The minimum Gasteiger partial charge on any atom is -0.458 e. The van der Waals surface area contributed by atoms with E-state index in [-0.39, 0.29) is 11.9 Å². The van der Waals surface area contributed by atoms with Crippen LogP contribution in [0, 0.1) is 5.92 Å². The first-order valence-corrected chi connectivity index (χ1v) is 7.30. The Hall–Kier alpha value is -1.06. The van der Waals surface area contributed by atoms with Gasteiger partial charge in [0.05, 0.1) is 0 Å². The minimum absolute atomic E-state index is 0.0368. The first-order chi connectivity index (χ1) is 8.78. The number of rotatable bonds is 4. The number of carbonyl (C=O) groups excluding carboxylic acids is 2. The predicted octanol–water partition coefficient (Wildman–Crippen LogP) is 2.80. The van der Waals surface area contributed by atoms with Crippen LogP contribution in [0.15, 0.2) is 0 Å². The number of amides is 1. The number of ether oxygens (including phenoxy) is 1. The molecule has 1 aliphatic rings. The van der Waals surface area contributed by atoms with Crippen molar-refractivity contribution in [1.29, 1.82) is 0 Å². The number of hydrogen-bond donors (Lipinski definition) is 1. The van der Waals surface area contributed by atoms with E-state index in [2.05, 4.69) is 5.32 Å². The SMILES string of the molecule is C[C@H](NC(=O)CC1CCCCC1)C(=O)OC(C)(C)C. The van der Waals surface area contributed by atoms with E-state index in [4.69, 9.17) is 4.74 Å². The lowest BCUT2D eigenvalue weighted by molar-refractivity contribution is -0.158. The van der Waals surface area contributed by atoms with E-state index in [1.807, 2.05) is 20.8 Å². The molecule has 0 bridgehead atoms. The van der Waals surface area contributed by atoms with Gasteiger partial charge in [0, 0.05) is 6.42 Å². The topological polar surface area (TPSA) is 55.4 Å². The van der Waals surface area contributed by atoms with Crippen LogP contribution in [0.1, 0.15) is 66.2 Å². The Morgan fingerprint density at radius 2 is 1.79 bits per heavy atom. The average Bonchev–Trinajstić information content (AvgIpc) is 2.27. The van der Waals surface area contributed by atoms with Crippen LogP contribution < -0.4 is 5.32 Å². The summed E-state index contributed by atoms with van der Waals surface area (Å²) in [5.41, 5.74) is -0.514. The van der Waals surface area contributed by atoms with Crippen molar-refractivity contribution < 1.29 is 14.3 Å². The summed E-state index contributed by atoms with van der Waals surface area (Å²) in [6.07, 6.45) is 6.53. The first-order valence-electron chi connectivity index (χ1n) is 7.30. The van der Waals surface area contributed by atoms with Gasteiger partial charge >= 0.3 is 5.97 Å². The molecule has 0 radical (unpaired) electrons. The summed E-state index contributed by atoms with van der Waals surface area (Å²) in [5.74, 6) is 0.0781. The monoisotopic (exact) mass is 269 g/mol. The Kier molecular flexibility index (Phi) is 5.83. The highest BCUT2D eigenvalue weighted by atomic mass is 16.6. The highest BCUT2D eigenvalue weighted by Gasteiger charge is 2.24. The zero-order valence-corrected chi connectivity index (χ0v) is 12.6. The van der Waals surface area contributed by atoms with Crippen LogP contribution in [-0.4, -0.2) is 23.5 Å². The summed E-state index contributed by atoms with van der Waals surface area (Å²) in [6.45, 7) is 7.14. The second-order valence-electron chi connectivity index (χ2n) is 6.53. The number of esters is 1. The highest BCUT2D eigenvalue weighted by Crippen LogP contribution is 2.26. The van der Waals surface area contributed by atoms with Crippen molar-refractivity contribution in [3.8, 4) is 0 Å². The molecule has 19 heavy (non-hydrogen) atoms. The molecular formula is C15H27NO3. The fourth-order valence-corrected chi connectivity index (χ4v) is 2.40. The van der Waals surface area contributed by atoms with Crippen LogP contribution in [0.3, 0.4) is 0 Å². The highest BCUT2D eigenvalue weighted by molar-refractivity contribution is 5.84. The molecule has 1 saturated carbocycles. The Morgan fingerprint density at radius 1 is 1.21 bits per heavy atom. The molecule has 0 spiro atoms. The minimum atomic E-state index is -0.574. The Morgan fingerprint density at radius 3 is 2.32 bits per heavy atom. The zero-order valence-electron chi connectivity index (χ0n) is 12.6. The van der Waals surface area contributed by atoms with Crippen molar-refractivity contribution in [3.63, 3.8) is 0 Å². The molecule has 0 unspecified atom stereocenters. The smallest absolute Gasteiger partial charge is 0.328 e. The van der Waals surface area contributed by atoms with Crippen molar-refractivity contribution in [2.75, 3.05) is 0 Å². The van der Waals surface area contributed by atoms with Gasteiger partial charge in [-0.15, -0.1) is 0 Å². The van der Waals surface area contributed by atoms with Crippen LogP contribution >= 0.6 is 0 Å². The van der Waals surface area contributed by atoms with Gasteiger partial charge in [0.25, 0.3) is 0 Å². The largest absolute Gasteiger partial charge is 0.458 e. The molecule has 110 valence electrons. The molecule has 0 aromatic heterocycles. The van der Waals surface area contributed by atoms with Gasteiger partial charge in [-0.05, 0) is 46.5 Å². The van der Waals surface area contributed by atoms with Crippen molar-refractivity contribution in [2.24, 2.45) is 5.92 Å². The van der Waals surface area contributed by atoms with Crippen molar-refractivity contribution in [2.45, 2.75) is 77.9 Å². The zero-order chi connectivity index (χ0) is 14.5. The molecule has 1 aliphatic carbocycles. The molecule has 4 nitrogen and oxygen atoms in total. The third kappa shape index (κ3) is 6.60. The summed E-state index contributed by atoms with van der Waals surface area (Å²) >= 11 is 0. The maximum absolute atomic E-state index is 11.9. The summed E-state index contributed by atoms with van der Waals surface area (Å²) < 4.78 is 5.24. The molecule has 1 atom stereocenters. The molecule has 0 heterocycles. The maximum atomic E-state index is 11.9. The van der Waals surface area contributed by atoms with E-state index in [9.17, 15) is 9.59 Å². The van der Waals surface area contributed by atoms with E-state index in [0.717, 1.165) is 12.8 Å². The first kappa shape index (κ1) is 16.0. The van der Waals surface area contributed by atoms with E-state index in [0.29, 0.717) is 12.3 Å². The normalized spacial score (nSPS) is 18.7. The van der Waals surface area contributed by atoms with Crippen molar-refractivity contribution >= 4 is 11.9 Å².